The molecule has 7 nitrogen and oxygen atoms in total. The zero-order valence-corrected chi connectivity index (χ0v) is 24.0. The standard InChI is InChI=1S/C29H33ClFN3O4S/c1-5-26(29(36)32-20(2)3)33(18-22-12-14-23(30)15-13-22)28(35)19-34(27-9-7-6-8-25(27)31)39(37,38)24-16-10-21(4)11-17-24/h6-17,20,26H,5,18-19H2,1-4H3,(H,32,36)/t26-/m1/s1. The van der Waals surface area contributed by atoms with E-state index in [9.17, 15) is 22.4 Å². The average molecular weight is 574 g/mol. The van der Waals surface area contributed by atoms with E-state index in [0.717, 1.165) is 15.9 Å². The Labute approximate surface area is 234 Å². The Bertz CT molecular complexity index is 1400. The van der Waals surface area contributed by atoms with Gasteiger partial charge in [0, 0.05) is 17.6 Å². The van der Waals surface area contributed by atoms with Gasteiger partial charge in [-0.05, 0) is 69.2 Å². The van der Waals surface area contributed by atoms with Gasteiger partial charge in [-0.25, -0.2) is 12.8 Å². The molecule has 2 amide bonds. The van der Waals surface area contributed by atoms with Gasteiger partial charge in [-0.2, -0.15) is 0 Å². The number of carbonyl (C=O) groups excluding carboxylic acids is 2. The van der Waals surface area contributed by atoms with Gasteiger partial charge in [0.25, 0.3) is 10.0 Å². The Morgan fingerprint density at radius 3 is 2.15 bits per heavy atom. The van der Waals surface area contributed by atoms with Gasteiger partial charge >= 0.3 is 0 Å². The molecule has 1 N–H and O–H groups in total. The van der Waals surface area contributed by atoms with Crippen LogP contribution in [0.25, 0.3) is 0 Å². The zero-order chi connectivity index (χ0) is 28.7. The first-order chi connectivity index (χ1) is 18.4. The van der Waals surface area contributed by atoms with Crippen LogP contribution in [0.3, 0.4) is 0 Å². The molecule has 3 aromatic carbocycles. The third kappa shape index (κ3) is 7.58. The van der Waals surface area contributed by atoms with Crippen molar-refractivity contribution < 1.29 is 22.4 Å². The molecule has 3 aromatic rings. The molecule has 1 atom stereocenters. The molecule has 10 heteroatoms. The van der Waals surface area contributed by atoms with Gasteiger partial charge in [0.05, 0.1) is 10.6 Å². The highest BCUT2D eigenvalue weighted by molar-refractivity contribution is 7.92. The zero-order valence-electron chi connectivity index (χ0n) is 22.4. The van der Waals surface area contributed by atoms with E-state index in [2.05, 4.69) is 5.32 Å². The number of aryl methyl sites for hydroxylation is 1. The molecular weight excluding hydrogens is 541 g/mol. The summed E-state index contributed by atoms with van der Waals surface area (Å²) in [5.74, 6) is -1.82. The fourth-order valence-corrected chi connectivity index (χ4v) is 5.64. The Hall–Kier alpha value is -3.43. The van der Waals surface area contributed by atoms with E-state index in [1.165, 1.54) is 35.2 Å². The van der Waals surface area contributed by atoms with Crippen molar-refractivity contribution >= 4 is 39.1 Å². The molecule has 0 aliphatic heterocycles. The summed E-state index contributed by atoms with van der Waals surface area (Å²) in [6, 6.07) is 17.2. The summed E-state index contributed by atoms with van der Waals surface area (Å²) in [5, 5.41) is 3.34. The minimum atomic E-state index is -4.34. The maximum atomic E-state index is 15.0. The lowest BCUT2D eigenvalue weighted by atomic mass is 10.1. The van der Waals surface area contributed by atoms with Crippen molar-refractivity contribution in [2.45, 2.75) is 57.6 Å². The number of benzene rings is 3. The number of carbonyl (C=O) groups is 2. The van der Waals surface area contributed by atoms with Crippen molar-refractivity contribution in [3.8, 4) is 0 Å². The number of halogens is 2. The highest BCUT2D eigenvalue weighted by Gasteiger charge is 2.34. The molecule has 0 unspecified atom stereocenters. The number of hydrogen-bond donors (Lipinski definition) is 1. The maximum Gasteiger partial charge on any atom is 0.264 e. The van der Waals surface area contributed by atoms with Crippen LogP contribution in [0.4, 0.5) is 10.1 Å². The normalized spacial score (nSPS) is 12.2. The molecule has 0 saturated carbocycles. The molecule has 0 heterocycles. The van der Waals surface area contributed by atoms with Crippen molar-refractivity contribution in [1.29, 1.82) is 0 Å². The Kier molecular flexibility index (Phi) is 10.1. The van der Waals surface area contributed by atoms with Crippen LogP contribution in [-0.2, 0) is 26.2 Å². The van der Waals surface area contributed by atoms with Crippen LogP contribution in [0.15, 0.2) is 77.7 Å². The number of anilines is 1. The molecule has 0 bridgehead atoms. The van der Waals surface area contributed by atoms with Crippen LogP contribution in [0, 0.1) is 12.7 Å². The largest absolute Gasteiger partial charge is 0.352 e. The van der Waals surface area contributed by atoms with Gasteiger partial charge in [-0.1, -0.05) is 60.5 Å². The number of rotatable bonds is 11. The van der Waals surface area contributed by atoms with Crippen LogP contribution in [-0.4, -0.2) is 43.8 Å². The smallest absolute Gasteiger partial charge is 0.264 e. The minimum absolute atomic E-state index is 0.0235. The minimum Gasteiger partial charge on any atom is -0.352 e. The highest BCUT2D eigenvalue weighted by atomic mass is 35.5. The topological polar surface area (TPSA) is 86.8 Å². The third-order valence-electron chi connectivity index (χ3n) is 6.09. The molecule has 0 fully saturated rings. The van der Waals surface area contributed by atoms with E-state index in [0.29, 0.717) is 10.6 Å². The van der Waals surface area contributed by atoms with E-state index >= 15 is 0 Å². The summed E-state index contributed by atoms with van der Waals surface area (Å²) in [5.41, 5.74) is 1.28. The van der Waals surface area contributed by atoms with Crippen LogP contribution in [0.5, 0.6) is 0 Å². The van der Waals surface area contributed by atoms with Gasteiger partial charge < -0.3 is 10.2 Å². The number of amides is 2. The summed E-state index contributed by atoms with van der Waals surface area (Å²) < 4.78 is 43.3. The molecule has 0 aromatic heterocycles. The Morgan fingerprint density at radius 1 is 0.974 bits per heavy atom. The monoisotopic (exact) mass is 573 g/mol. The van der Waals surface area contributed by atoms with Gasteiger partial charge in [-0.15, -0.1) is 0 Å². The predicted molar refractivity (Wildman–Crippen MR) is 151 cm³/mol. The van der Waals surface area contributed by atoms with Crippen LogP contribution in [0.2, 0.25) is 5.02 Å². The molecular formula is C29H33ClFN3O4S. The predicted octanol–water partition coefficient (Wildman–Crippen LogP) is 5.31. The van der Waals surface area contributed by atoms with Crippen LogP contribution in [0.1, 0.15) is 38.3 Å². The number of nitrogens with one attached hydrogen (secondary N) is 1. The van der Waals surface area contributed by atoms with Gasteiger partial charge in [0.2, 0.25) is 11.8 Å². The van der Waals surface area contributed by atoms with E-state index in [4.69, 9.17) is 11.6 Å². The van der Waals surface area contributed by atoms with Crippen molar-refractivity contribution in [3.05, 3.63) is 94.8 Å². The van der Waals surface area contributed by atoms with Crippen LogP contribution >= 0.6 is 11.6 Å². The van der Waals surface area contributed by atoms with Crippen molar-refractivity contribution in [1.82, 2.24) is 10.2 Å². The Balaban J connectivity index is 2.07. The first-order valence-corrected chi connectivity index (χ1v) is 14.4. The molecule has 0 aliphatic rings. The summed E-state index contributed by atoms with van der Waals surface area (Å²) in [6.45, 7) is 6.51. The number of nitrogens with zero attached hydrogens (tertiary/aromatic N) is 2. The molecule has 39 heavy (non-hydrogen) atoms. The fourth-order valence-electron chi connectivity index (χ4n) is 4.09. The van der Waals surface area contributed by atoms with Gasteiger partial charge in [0.1, 0.15) is 18.4 Å². The van der Waals surface area contributed by atoms with Crippen molar-refractivity contribution in [2.24, 2.45) is 0 Å². The highest BCUT2D eigenvalue weighted by Crippen LogP contribution is 2.27. The summed E-state index contributed by atoms with van der Waals surface area (Å²) >= 11 is 6.02. The van der Waals surface area contributed by atoms with E-state index in [1.807, 2.05) is 20.8 Å². The molecule has 0 aliphatic carbocycles. The molecule has 3 rings (SSSR count). The lowest BCUT2D eigenvalue weighted by Gasteiger charge is -2.33. The third-order valence-corrected chi connectivity index (χ3v) is 8.12. The van der Waals surface area contributed by atoms with E-state index < -0.39 is 34.3 Å². The molecule has 0 radical (unpaired) electrons. The van der Waals surface area contributed by atoms with Gasteiger partial charge in [0.15, 0.2) is 0 Å². The molecule has 0 spiro atoms. The average Bonchev–Trinajstić information content (AvgIpc) is 2.88. The second kappa shape index (κ2) is 13.1. The molecule has 0 saturated heterocycles. The number of sulfonamides is 1. The van der Waals surface area contributed by atoms with E-state index in [1.54, 1.807) is 43.3 Å². The Morgan fingerprint density at radius 2 is 1.59 bits per heavy atom. The second-order valence-corrected chi connectivity index (χ2v) is 11.8. The first kappa shape index (κ1) is 30.1. The summed E-state index contributed by atoms with van der Waals surface area (Å²) in [7, 11) is -4.34. The SMILES string of the molecule is CC[C@H](C(=O)NC(C)C)N(Cc1ccc(Cl)cc1)C(=O)CN(c1ccccc1F)S(=O)(=O)c1ccc(C)cc1. The quantitative estimate of drug-likeness (QED) is 0.337. The first-order valence-electron chi connectivity index (χ1n) is 12.6. The number of para-hydroxylation sites is 1. The maximum absolute atomic E-state index is 15.0. The molecule has 208 valence electrons. The lowest BCUT2D eigenvalue weighted by molar-refractivity contribution is -0.140. The van der Waals surface area contributed by atoms with Crippen molar-refractivity contribution in [3.63, 3.8) is 0 Å². The second-order valence-electron chi connectivity index (χ2n) is 9.51. The number of hydrogen-bond acceptors (Lipinski definition) is 4. The van der Waals surface area contributed by atoms with E-state index in [-0.39, 0.29) is 35.5 Å². The summed E-state index contributed by atoms with van der Waals surface area (Å²) in [6.07, 6.45) is 0.280. The van der Waals surface area contributed by atoms with Crippen molar-refractivity contribution in [2.75, 3.05) is 10.8 Å². The fraction of sp³-hybridized carbons (Fsp3) is 0.310. The summed E-state index contributed by atoms with van der Waals surface area (Å²) in [4.78, 5) is 28.3. The van der Waals surface area contributed by atoms with Crippen LogP contribution < -0.4 is 9.62 Å². The lowest BCUT2D eigenvalue weighted by Crippen LogP contribution is -2.53. The van der Waals surface area contributed by atoms with Gasteiger partial charge in [-0.3, -0.25) is 13.9 Å².